The molecule has 0 aliphatic heterocycles. The van der Waals surface area contributed by atoms with E-state index in [0.717, 1.165) is 57.0 Å². The molecule has 0 amide bonds. The summed E-state index contributed by atoms with van der Waals surface area (Å²) in [6.45, 7) is 9.45. The highest BCUT2D eigenvalue weighted by atomic mass is 15.1. The normalized spacial score (nSPS) is 12.1. The number of hydrogen-bond acceptors (Lipinski definition) is 4. The summed E-state index contributed by atoms with van der Waals surface area (Å²) in [5, 5.41) is 5.14. The van der Waals surface area contributed by atoms with Gasteiger partial charge in [-0.25, -0.2) is 0 Å². The summed E-state index contributed by atoms with van der Waals surface area (Å²) in [6.07, 6.45) is 6.00. The molecule has 2 N–H and O–H groups in total. The first kappa shape index (κ1) is 24.6. The first-order valence-electron chi connectivity index (χ1n) is 13.9. The quantitative estimate of drug-likeness (QED) is 0.217. The third-order valence-corrected chi connectivity index (χ3v) is 7.82. The first-order chi connectivity index (χ1) is 18.7. The van der Waals surface area contributed by atoms with E-state index in [2.05, 4.69) is 88.5 Å². The van der Waals surface area contributed by atoms with Crippen LogP contribution in [0.2, 0.25) is 0 Å². The highest BCUT2D eigenvalue weighted by Crippen LogP contribution is 2.33. The smallest absolute Gasteiger partial charge is 0.0786 e. The molecule has 2 aromatic carbocycles. The Kier molecular flexibility index (Phi) is 6.83. The molecule has 0 aliphatic rings. The van der Waals surface area contributed by atoms with Crippen molar-refractivity contribution in [1.82, 2.24) is 24.0 Å². The lowest BCUT2D eigenvalue weighted by Crippen LogP contribution is -2.26. The summed E-state index contributed by atoms with van der Waals surface area (Å²) in [4.78, 5) is 12.4. The van der Waals surface area contributed by atoms with E-state index in [1.54, 1.807) is 0 Å². The predicted octanol–water partition coefficient (Wildman–Crippen LogP) is 6.47. The van der Waals surface area contributed by atoms with Crippen LogP contribution in [0.4, 0.5) is 0 Å². The third-order valence-electron chi connectivity index (χ3n) is 7.82. The lowest BCUT2D eigenvalue weighted by atomic mass is 10.1. The lowest BCUT2D eigenvalue weighted by Gasteiger charge is -2.23. The Morgan fingerprint density at radius 1 is 0.658 bits per heavy atom. The molecule has 6 rings (SSSR count). The average molecular weight is 505 g/mol. The van der Waals surface area contributed by atoms with Crippen molar-refractivity contribution in [2.24, 2.45) is 5.73 Å². The molecule has 6 heteroatoms. The largest absolute Gasteiger partial charge is 0.339 e. The number of nitrogens with two attached hydrogens (primary N) is 1. The van der Waals surface area contributed by atoms with Gasteiger partial charge in [0.05, 0.1) is 22.4 Å². The molecule has 0 spiro atoms. The molecule has 0 saturated heterocycles. The number of benzene rings is 2. The zero-order chi connectivity index (χ0) is 26.1. The number of para-hydroxylation sites is 2. The van der Waals surface area contributed by atoms with Crippen molar-refractivity contribution in [2.45, 2.75) is 52.9 Å². The molecule has 0 saturated carbocycles. The predicted molar refractivity (Wildman–Crippen MR) is 158 cm³/mol. The van der Waals surface area contributed by atoms with Crippen molar-refractivity contribution < 1.29 is 0 Å². The molecule has 194 valence electrons. The standard InChI is InChI=1S/C32H36N6/c1-3-37-29-13-7-5-11-23(29)25-15-18-34-27(31(25)37)21-36(20-10-9-17-33)22-28-32-26(16-19-35-28)24-12-6-8-14-30(24)38(32)4-2/h5-8,11-16,18-19H,3-4,9-10,17,20-22,33H2,1-2H3. The van der Waals surface area contributed by atoms with E-state index in [-0.39, 0.29) is 0 Å². The van der Waals surface area contributed by atoms with Gasteiger partial charge >= 0.3 is 0 Å². The van der Waals surface area contributed by atoms with E-state index in [0.29, 0.717) is 6.54 Å². The molecule has 4 heterocycles. The van der Waals surface area contributed by atoms with Crippen LogP contribution in [0, 0.1) is 0 Å². The molecule has 6 aromatic rings. The molecule has 4 aromatic heterocycles. The second-order valence-corrected chi connectivity index (χ2v) is 10.0. The fraction of sp³-hybridized carbons (Fsp3) is 0.312. The Bertz CT molecular complexity index is 1600. The highest BCUT2D eigenvalue weighted by molar-refractivity contribution is 6.09. The fourth-order valence-corrected chi connectivity index (χ4v) is 6.15. The molecule has 0 radical (unpaired) electrons. The van der Waals surface area contributed by atoms with Crippen LogP contribution in [0.1, 0.15) is 38.1 Å². The Morgan fingerprint density at radius 2 is 1.16 bits per heavy atom. The Balaban J connectivity index is 1.44. The molecule has 0 atom stereocenters. The topological polar surface area (TPSA) is 64.9 Å². The maximum atomic E-state index is 5.88. The van der Waals surface area contributed by atoms with E-state index in [1.807, 2.05) is 12.4 Å². The monoisotopic (exact) mass is 504 g/mol. The number of unbranched alkanes of at least 4 members (excludes halogenated alkanes) is 1. The van der Waals surface area contributed by atoms with E-state index in [4.69, 9.17) is 15.7 Å². The Morgan fingerprint density at radius 3 is 1.63 bits per heavy atom. The summed E-state index contributed by atoms with van der Waals surface area (Å²) < 4.78 is 4.83. The van der Waals surface area contributed by atoms with Crippen molar-refractivity contribution in [3.63, 3.8) is 0 Å². The number of rotatable bonds is 10. The van der Waals surface area contributed by atoms with Crippen LogP contribution >= 0.6 is 0 Å². The van der Waals surface area contributed by atoms with Gasteiger partial charge in [0.1, 0.15) is 0 Å². The van der Waals surface area contributed by atoms with Crippen LogP contribution in [0.3, 0.4) is 0 Å². The molecular formula is C32H36N6. The van der Waals surface area contributed by atoms with Gasteiger partial charge in [0.2, 0.25) is 0 Å². The van der Waals surface area contributed by atoms with Crippen LogP contribution in [0.25, 0.3) is 43.6 Å². The van der Waals surface area contributed by atoms with Gasteiger partial charge in [0.25, 0.3) is 0 Å². The summed E-state index contributed by atoms with van der Waals surface area (Å²) in [6, 6.07) is 21.7. The molecular weight excluding hydrogens is 468 g/mol. The minimum Gasteiger partial charge on any atom is -0.339 e. The second kappa shape index (κ2) is 10.6. The number of hydrogen-bond donors (Lipinski definition) is 1. The van der Waals surface area contributed by atoms with Crippen LogP contribution in [0.15, 0.2) is 73.1 Å². The average Bonchev–Trinajstić information content (AvgIpc) is 3.47. The number of fused-ring (bicyclic) bond motifs is 6. The molecule has 0 bridgehead atoms. The van der Waals surface area contributed by atoms with Crippen molar-refractivity contribution in [1.29, 1.82) is 0 Å². The van der Waals surface area contributed by atoms with Gasteiger partial charge in [-0.2, -0.15) is 0 Å². The maximum Gasteiger partial charge on any atom is 0.0786 e. The molecule has 0 aliphatic carbocycles. The number of aromatic nitrogens is 4. The van der Waals surface area contributed by atoms with Crippen LogP contribution < -0.4 is 5.73 Å². The van der Waals surface area contributed by atoms with Crippen LogP contribution in [-0.4, -0.2) is 37.1 Å². The summed E-state index contributed by atoms with van der Waals surface area (Å²) in [7, 11) is 0. The van der Waals surface area contributed by atoms with E-state index < -0.39 is 0 Å². The van der Waals surface area contributed by atoms with Crippen molar-refractivity contribution in [3.8, 4) is 0 Å². The summed E-state index contributed by atoms with van der Waals surface area (Å²) in [5.74, 6) is 0. The molecule has 0 unspecified atom stereocenters. The van der Waals surface area contributed by atoms with Crippen molar-refractivity contribution in [2.75, 3.05) is 13.1 Å². The van der Waals surface area contributed by atoms with Gasteiger partial charge in [0, 0.05) is 71.2 Å². The SMILES string of the molecule is CCn1c2ccccc2c2ccnc(CN(CCCCN)Cc3nccc4c5ccccc5n(CC)c34)c21. The van der Waals surface area contributed by atoms with Crippen LogP contribution in [0.5, 0.6) is 0 Å². The molecule has 6 nitrogen and oxygen atoms in total. The second-order valence-electron chi connectivity index (χ2n) is 10.0. The zero-order valence-corrected chi connectivity index (χ0v) is 22.4. The Labute approximate surface area is 223 Å². The fourth-order valence-electron chi connectivity index (χ4n) is 6.15. The summed E-state index contributed by atoms with van der Waals surface area (Å²) in [5.41, 5.74) is 13.2. The van der Waals surface area contributed by atoms with Gasteiger partial charge in [-0.1, -0.05) is 36.4 Å². The van der Waals surface area contributed by atoms with Crippen LogP contribution in [-0.2, 0) is 26.2 Å². The summed E-state index contributed by atoms with van der Waals surface area (Å²) >= 11 is 0. The van der Waals surface area contributed by atoms with Gasteiger partial charge < -0.3 is 14.9 Å². The lowest BCUT2D eigenvalue weighted by molar-refractivity contribution is 0.247. The van der Waals surface area contributed by atoms with Gasteiger partial charge in [-0.15, -0.1) is 0 Å². The number of pyridine rings is 2. The van der Waals surface area contributed by atoms with Crippen molar-refractivity contribution in [3.05, 3.63) is 84.4 Å². The number of aryl methyl sites for hydroxylation is 2. The van der Waals surface area contributed by atoms with Gasteiger partial charge in [-0.05, 0) is 64.0 Å². The van der Waals surface area contributed by atoms with Gasteiger partial charge in [-0.3, -0.25) is 14.9 Å². The highest BCUT2D eigenvalue weighted by Gasteiger charge is 2.19. The first-order valence-corrected chi connectivity index (χ1v) is 13.9. The van der Waals surface area contributed by atoms with E-state index >= 15 is 0 Å². The number of nitrogens with zero attached hydrogens (tertiary/aromatic N) is 5. The van der Waals surface area contributed by atoms with Gasteiger partial charge in [0.15, 0.2) is 0 Å². The minimum absolute atomic E-state index is 0.712. The maximum absolute atomic E-state index is 5.88. The third kappa shape index (κ3) is 4.14. The van der Waals surface area contributed by atoms with E-state index in [1.165, 1.54) is 43.6 Å². The zero-order valence-electron chi connectivity index (χ0n) is 22.4. The van der Waals surface area contributed by atoms with E-state index in [9.17, 15) is 0 Å². The van der Waals surface area contributed by atoms with Crippen molar-refractivity contribution >= 4 is 43.6 Å². The minimum atomic E-state index is 0.712. The Hall–Kier alpha value is -3.74. The molecule has 0 fully saturated rings. The molecule has 38 heavy (non-hydrogen) atoms.